The Hall–Kier alpha value is -5.91. The first kappa shape index (κ1) is 41.1. The number of carboxylic acid groups (broad SMARTS) is 3. The highest BCUT2D eigenvalue weighted by Crippen LogP contribution is 2.22. The van der Waals surface area contributed by atoms with Crippen LogP contribution in [-0.2, 0) is 20.9 Å². The number of hydrogen-bond acceptors (Lipinski definition) is 6. The molecule has 3 aromatic carbocycles. The second-order valence-electron chi connectivity index (χ2n) is 9.63. The van der Waals surface area contributed by atoms with Crippen molar-refractivity contribution in [3.63, 3.8) is 0 Å². The minimum Gasteiger partial charge on any atom is -0.480 e. The number of aromatic nitrogens is 1. The van der Waals surface area contributed by atoms with Gasteiger partial charge in [-0.05, 0) is 67.4 Å². The molecule has 0 radical (unpaired) electrons. The molecule has 8 N–H and O–H groups in total. The summed E-state index contributed by atoms with van der Waals surface area (Å²) in [5, 5.41) is 24.3. The summed E-state index contributed by atoms with van der Waals surface area (Å²) in [7, 11) is 0. The average molecular weight is 701 g/mol. The molecule has 1 heterocycles. The number of carbonyl (C=O) groups is 5. The van der Waals surface area contributed by atoms with E-state index >= 15 is 0 Å². The molecule has 0 unspecified atom stereocenters. The number of H-pyrrole nitrogens is 1. The topological polar surface area (TPSA) is 217 Å². The Morgan fingerprint density at radius 2 is 1.29 bits per heavy atom. The van der Waals surface area contributed by atoms with Gasteiger partial charge in [-0.15, -0.1) is 0 Å². The lowest BCUT2D eigenvalue weighted by Crippen LogP contribution is -2.35. The van der Waals surface area contributed by atoms with Gasteiger partial charge < -0.3 is 31.8 Å². The Morgan fingerprint density at radius 3 is 1.73 bits per heavy atom. The lowest BCUT2D eigenvalue weighted by Gasteiger charge is -2.21. The van der Waals surface area contributed by atoms with Crippen molar-refractivity contribution in [2.24, 2.45) is 11.5 Å². The van der Waals surface area contributed by atoms with E-state index < -0.39 is 36.8 Å². The summed E-state index contributed by atoms with van der Waals surface area (Å²) in [5.74, 6) is -7.33. The lowest BCUT2D eigenvalue weighted by molar-refractivity contribution is -0.193. The first-order valence-corrected chi connectivity index (χ1v) is 13.5. The molecular formula is C31H30F6N4O8. The average Bonchev–Trinajstić information content (AvgIpc) is 3.32. The van der Waals surface area contributed by atoms with Gasteiger partial charge in [-0.2, -0.15) is 26.3 Å². The molecule has 0 aliphatic heterocycles. The van der Waals surface area contributed by atoms with E-state index in [9.17, 15) is 40.7 Å². The van der Waals surface area contributed by atoms with Crippen LogP contribution in [0, 0.1) is 13.8 Å². The fourth-order valence-electron chi connectivity index (χ4n) is 3.63. The summed E-state index contributed by atoms with van der Waals surface area (Å²) in [6, 6.07) is 21.1. The Kier molecular flexibility index (Phi) is 15.0. The van der Waals surface area contributed by atoms with E-state index in [1.54, 1.807) is 48.5 Å². The summed E-state index contributed by atoms with van der Waals surface area (Å²) >= 11 is 0. The molecule has 49 heavy (non-hydrogen) atoms. The normalized spacial score (nSPS) is 10.6. The molecule has 2 amide bonds. The fraction of sp³-hybridized carbons (Fsp3) is 0.194. The van der Waals surface area contributed by atoms with Crippen molar-refractivity contribution in [2.75, 3.05) is 11.4 Å². The molecule has 0 aliphatic rings. The van der Waals surface area contributed by atoms with Crippen molar-refractivity contribution < 1.29 is 65.6 Å². The number of para-hydroxylation sites is 1. The van der Waals surface area contributed by atoms with E-state index in [4.69, 9.17) is 36.4 Å². The zero-order chi connectivity index (χ0) is 37.7. The number of fused-ring (bicyclic) bond motifs is 1. The molecule has 1 aromatic heterocycles. The molecule has 0 fully saturated rings. The maximum absolute atomic E-state index is 12.6. The summed E-state index contributed by atoms with van der Waals surface area (Å²) in [6.45, 7) is 3.97. The maximum Gasteiger partial charge on any atom is 0.490 e. The van der Waals surface area contributed by atoms with Crippen LogP contribution in [0.2, 0.25) is 0 Å². The molecule has 4 rings (SSSR count). The van der Waals surface area contributed by atoms with Crippen molar-refractivity contribution in [1.82, 2.24) is 4.98 Å². The second kappa shape index (κ2) is 17.9. The zero-order valence-corrected chi connectivity index (χ0v) is 25.6. The number of aryl methyl sites for hydroxylation is 2. The maximum atomic E-state index is 12.6. The SMILES string of the molecule is Cc1[nH]c2ccc(C(N)=O)cc2c1C.NCc1cccc(C(=O)N(CC(=O)O)c2ccccc2)c1.O=C(O)C(F)(F)F.O=C(O)C(F)(F)F. The van der Waals surface area contributed by atoms with Gasteiger partial charge >= 0.3 is 30.3 Å². The number of rotatable bonds is 6. The quantitative estimate of drug-likeness (QED) is 0.149. The zero-order valence-electron chi connectivity index (χ0n) is 25.6. The summed E-state index contributed by atoms with van der Waals surface area (Å²) < 4.78 is 63.5. The minimum absolute atomic E-state index is 0.325. The molecule has 0 saturated carbocycles. The first-order valence-electron chi connectivity index (χ1n) is 13.5. The Bertz CT molecular complexity index is 1750. The smallest absolute Gasteiger partial charge is 0.480 e. The number of nitrogens with one attached hydrogen (secondary N) is 1. The molecule has 18 heteroatoms. The number of carbonyl (C=O) groups excluding carboxylic acids is 2. The third kappa shape index (κ3) is 13.4. The van der Waals surface area contributed by atoms with Gasteiger partial charge in [0.25, 0.3) is 5.91 Å². The van der Waals surface area contributed by atoms with Crippen molar-refractivity contribution >= 4 is 46.3 Å². The first-order chi connectivity index (χ1) is 22.6. The number of hydrogen-bond donors (Lipinski definition) is 6. The highest BCUT2D eigenvalue weighted by molar-refractivity contribution is 6.08. The molecule has 0 saturated heterocycles. The van der Waals surface area contributed by atoms with Crippen LogP contribution in [0.3, 0.4) is 0 Å². The van der Waals surface area contributed by atoms with Gasteiger partial charge in [0.15, 0.2) is 0 Å². The van der Waals surface area contributed by atoms with Gasteiger partial charge in [0.2, 0.25) is 5.91 Å². The van der Waals surface area contributed by atoms with Crippen molar-refractivity contribution in [2.45, 2.75) is 32.7 Å². The van der Waals surface area contributed by atoms with Gasteiger partial charge in [0.05, 0.1) is 0 Å². The van der Waals surface area contributed by atoms with Crippen LogP contribution in [-0.4, -0.2) is 68.9 Å². The van der Waals surface area contributed by atoms with Gasteiger partial charge in [0.1, 0.15) is 6.54 Å². The predicted octanol–water partition coefficient (Wildman–Crippen LogP) is 5.03. The molecule has 0 spiro atoms. The number of benzene rings is 3. The van der Waals surface area contributed by atoms with Gasteiger partial charge in [0, 0.05) is 40.0 Å². The minimum atomic E-state index is -5.08. The number of primary amides is 1. The molecule has 264 valence electrons. The second-order valence-corrected chi connectivity index (χ2v) is 9.63. The van der Waals surface area contributed by atoms with Crippen LogP contribution in [0.4, 0.5) is 32.0 Å². The van der Waals surface area contributed by atoms with Gasteiger partial charge in [-0.3, -0.25) is 19.3 Å². The van der Waals surface area contributed by atoms with E-state index in [2.05, 4.69) is 4.98 Å². The van der Waals surface area contributed by atoms with Crippen LogP contribution >= 0.6 is 0 Å². The number of aliphatic carboxylic acids is 3. The monoisotopic (exact) mass is 700 g/mol. The summed E-state index contributed by atoms with van der Waals surface area (Å²) in [4.78, 5) is 56.8. The fourth-order valence-corrected chi connectivity index (χ4v) is 3.63. The Balaban J connectivity index is 0.000000367. The van der Waals surface area contributed by atoms with E-state index in [1.165, 1.54) is 10.5 Å². The molecular weight excluding hydrogens is 670 g/mol. The Labute approximate surface area is 273 Å². The number of halogens is 6. The Morgan fingerprint density at radius 1 is 0.755 bits per heavy atom. The third-order valence-corrected chi connectivity index (χ3v) is 6.09. The number of nitrogens with zero attached hydrogens (tertiary/aromatic N) is 1. The van der Waals surface area contributed by atoms with Crippen molar-refractivity contribution in [3.05, 3.63) is 101 Å². The van der Waals surface area contributed by atoms with Crippen molar-refractivity contribution in [1.29, 1.82) is 0 Å². The highest BCUT2D eigenvalue weighted by Gasteiger charge is 2.38. The number of anilines is 1. The highest BCUT2D eigenvalue weighted by atomic mass is 19.4. The van der Waals surface area contributed by atoms with E-state index in [1.807, 2.05) is 38.1 Å². The molecule has 0 bridgehead atoms. The standard InChI is InChI=1S/C16H16N2O3.C11H12N2O.2C2HF3O2/c17-10-12-5-4-6-13(9-12)16(21)18(11-15(19)20)14-7-2-1-3-8-14;1-6-7(2)13-10-4-3-8(11(12)14)5-9(6)10;2*3-2(4,5)1(6)7/h1-9H,10-11,17H2,(H,19,20);3-5,13H,1-2H3,(H2,12,14);2*(H,6,7). The molecule has 12 nitrogen and oxygen atoms in total. The van der Waals surface area contributed by atoms with Crippen molar-refractivity contribution in [3.8, 4) is 0 Å². The van der Waals surface area contributed by atoms with Gasteiger partial charge in [-0.25, -0.2) is 9.59 Å². The third-order valence-electron chi connectivity index (χ3n) is 6.09. The predicted molar refractivity (Wildman–Crippen MR) is 164 cm³/mol. The number of aromatic amines is 1. The molecule has 4 aromatic rings. The molecule has 0 atom stereocenters. The number of amides is 2. The van der Waals surface area contributed by atoms with E-state index in [-0.39, 0.29) is 11.8 Å². The van der Waals surface area contributed by atoms with E-state index in [0.717, 1.165) is 22.2 Å². The number of alkyl halides is 6. The summed E-state index contributed by atoms with van der Waals surface area (Å²) in [6.07, 6.45) is -10.2. The summed E-state index contributed by atoms with van der Waals surface area (Å²) in [5.41, 5.74) is 16.5. The van der Waals surface area contributed by atoms with E-state index in [0.29, 0.717) is 23.4 Å². The molecule has 0 aliphatic carbocycles. The largest absolute Gasteiger partial charge is 0.490 e. The lowest BCUT2D eigenvalue weighted by atomic mass is 10.1. The van der Waals surface area contributed by atoms with Crippen LogP contribution < -0.4 is 16.4 Å². The van der Waals surface area contributed by atoms with Gasteiger partial charge in [-0.1, -0.05) is 30.3 Å². The van der Waals surface area contributed by atoms with Crippen LogP contribution in [0.5, 0.6) is 0 Å². The van der Waals surface area contributed by atoms with Crippen LogP contribution in [0.1, 0.15) is 37.5 Å². The van der Waals surface area contributed by atoms with Crippen LogP contribution in [0.15, 0.2) is 72.8 Å². The van der Waals surface area contributed by atoms with Crippen LogP contribution in [0.25, 0.3) is 10.9 Å². The number of carboxylic acids is 3. The number of nitrogens with two attached hydrogens (primary N) is 2.